The monoisotopic (exact) mass is 596 g/mol. The fourth-order valence-corrected chi connectivity index (χ4v) is 9.02. The molecule has 3 heterocycles. The Labute approximate surface area is 245 Å². The Morgan fingerprint density at radius 3 is 2.54 bits per heavy atom. The van der Waals surface area contributed by atoms with Gasteiger partial charge in [0, 0.05) is 41.4 Å². The number of ether oxygens (including phenoxy) is 1. The van der Waals surface area contributed by atoms with Gasteiger partial charge in [-0.2, -0.15) is 0 Å². The summed E-state index contributed by atoms with van der Waals surface area (Å²) >= 11 is 1.38. The average Bonchev–Trinajstić information content (AvgIpc) is 3.46. The zero-order valence-electron chi connectivity index (χ0n) is 23.2. The van der Waals surface area contributed by atoms with Gasteiger partial charge in [-0.05, 0) is 61.1 Å². The molecule has 41 heavy (non-hydrogen) atoms. The number of sulfone groups is 1. The van der Waals surface area contributed by atoms with Crippen LogP contribution >= 0.6 is 11.3 Å². The second kappa shape index (κ2) is 12.9. The normalized spacial score (nSPS) is 22.6. The van der Waals surface area contributed by atoms with Crippen LogP contribution in [0.2, 0.25) is 0 Å². The molecule has 1 N–H and O–H groups in total. The van der Waals surface area contributed by atoms with Crippen molar-refractivity contribution >= 4 is 33.0 Å². The average molecular weight is 597 g/mol. The molecule has 2 atom stereocenters. The van der Waals surface area contributed by atoms with E-state index in [9.17, 15) is 18.0 Å². The SMILES string of the molecule is CCc1ccc(-c2ccc(C3(CC(=O)NOC4CCCCO4)CCN(C(=O)c4ccccc4)CCS3(=O)=O)s2)cc1. The number of aryl methyl sites for hydroxylation is 1. The molecule has 218 valence electrons. The van der Waals surface area contributed by atoms with Crippen LogP contribution in [0.5, 0.6) is 0 Å². The van der Waals surface area contributed by atoms with Crippen molar-refractivity contribution in [1.82, 2.24) is 10.4 Å². The molecule has 3 aromatic rings. The van der Waals surface area contributed by atoms with Crippen LogP contribution in [0, 0.1) is 0 Å². The number of hydroxylamine groups is 1. The van der Waals surface area contributed by atoms with E-state index in [1.54, 1.807) is 29.2 Å². The van der Waals surface area contributed by atoms with Crippen molar-refractivity contribution < 1.29 is 27.6 Å². The van der Waals surface area contributed by atoms with Crippen molar-refractivity contribution in [3.63, 3.8) is 0 Å². The first-order valence-electron chi connectivity index (χ1n) is 14.1. The first kappa shape index (κ1) is 29.4. The Hall–Kier alpha value is -3.05. The molecule has 1 aromatic heterocycles. The molecule has 8 nitrogen and oxygen atoms in total. The number of amides is 2. The smallest absolute Gasteiger partial charge is 0.253 e. The summed E-state index contributed by atoms with van der Waals surface area (Å²) in [6, 6.07) is 20.8. The minimum atomic E-state index is -3.87. The third-order valence-electron chi connectivity index (χ3n) is 7.91. The molecule has 2 amide bonds. The fraction of sp³-hybridized carbons (Fsp3) is 0.419. The molecule has 0 radical (unpaired) electrons. The molecule has 0 bridgehead atoms. The maximum Gasteiger partial charge on any atom is 0.253 e. The van der Waals surface area contributed by atoms with Crippen LogP contribution in [0.15, 0.2) is 66.7 Å². The molecule has 0 aliphatic carbocycles. The molecule has 2 aliphatic rings. The predicted octanol–water partition coefficient (Wildman–Crippen LogP) is 5.10. The number of nitrogens with zero attached hydrogens (tertiary/aromatic N) is 1. The molecule has 2 fully saturated rings. The van der Waals surface area contributed by atoms with E-state index < -0.39 is 26.8 Å². The molecule has 0 spiro atoms. The van der Waals surface area contributed by atoms with Crippen molar-refractivity contribution in [2.45, 2.75) is 56.5 Å². The summed E-state index contributed by atoms with van der Waals surface area (Å²) in [6.07, 6.45) is 2.69. The van der Waals surface area contributed by atoms with Crippen molar-refractivity contribution in [2.24, 2.45) is 0 Å². The van der Waals surface area contributed by atoms with Crippen LogP contribution < -0.4 is 5.48 Å². The van der Waals surface area contributed by atoms with Gasteiger partial charge in [0.25, 0.3) is 5.91 Å². The number of thiophene rings is 1. The molecule has 0 saturated carbocycles. The summed E-state index contributed by atoms with van der Waals surface area (Å²) in [7, 11) is -3.87. The van der Waals surface area contributed by atoms with Gasteiger partial charge in [-0.25, -0.2) is 18.7 Å². The van der Waals surface area contributed by atoms with Crippen molar-refractivity contribution in [3.05, 3.63) is 82.7 Å². The largest absolute Gasteiger partial charge is 0.350 e. The lowest BCUT2D eigenvalue weighted by Gasteiger charge is -2.31. The summed E-state index contributed by atoms with van der Waals surface area (Å²) in [5, 5.41) is 0. The zero-order valence-corrected chi connectivity index (χ0v) is 24.8. The van der Waals surface area contributed by atoms with Crippen LogP contribution in [0.4, 0.5) is 0 Å². The predicted molar refractivity (Wildman–Crippen MR) is 159 cm³/mol. The molecule has 2 aliphatic heterocycles. The maximum atomic E-state index is 14.1. The molecule has 2 unspecified atom stereocenters. The van der Waals surface area contributed by atoms with Crippen LogP contribution in [0.1, 0.15) is 59.8 Å². The molecule has 2 saturated heterocycles. The van der Waals surface area contributed by atoms with Crippen LogP contribution in [-0.2, 0) is 35.4 Å². The van der Waals surface area contributed by atoms with Gasteiger partial charge in [0.2, 0.25) is 5.91 Å². The van der Waals surface area contributed by atoms with Crippen LogP contribution in [0.3, 0.4) is 0 Å². The van der Waals surface area contributed by atoms with Crippen molar-refractivity contribution in [2.75, 3.05) is 25.4 Å². The number of carbonyl (C=O) groups excluding carboxylic acids is 2. The summed E-state index contributed by atoms with van der Waals surface area (Å²) < 4.78 is 32.3. The van der Waals surface area contributed by atoms with Gasteiger partial charge in [-0.1, -0.05) is 49.4 Å². The number of rotatable bonds is 8. The Morgan fingerprint density at radius 2 is 1.83 bits per heavy atom. The lowest BCUT2D eigenvalue weighted by Crippen LogP contribution is -2.43. The topological polar surface area (TPSA) is 102 Å². The number of benzene rings is 2. The van der Waals surface area contributed by atoms with E-state index in [-0.39, 0.29) is 37.6 Å². The zero-order chi connectivity index (χ0) is 28.9. The minimum Gasteiger partial charge on any atom is -0.350 e. The first-order chi connectivity index (χ1) is 19.8. The second-order valence-corrected chi connectivity index (χ2v) is 14.1. The van der Waals surface area contributed by atoms with E-state index in [0.717, 1.165) is 29.7 Å². The van der Waals surface area contributed by atoms with E-state index in [0.29, 0.717) is 23.5 Å². The highest BCUT2D eigenvalue weighted by Crippen LogP contribution is 2.45. The lowest BCUT2D eigenvalue weighted by molar-refractivity contribution is -0.200. The van der Waals surface area contributed by atoms with Gasteiger partial charge in [0.15, 0.2) is 16.1 Å². The summed E-state index contributed by atoms with van der Waals surface area (Å²) in [6.45, 7) is 2.91. The van der Waals surface area contributed by atoms with Crippen LogP contribution in [-0.4, -0.2) is 56.9 Å². The summed E-state index contributed by atoms with van der Waals surface area (Å²) in [5.74, 6) is -1.00. The molecular weight excluding hydrogens is 560 g/mol. The van der Waals surface area contributed by atoms with Gasteiger partial charge in [0.1, 0.15) is 4.75 Å². The molecule has 2 aromatic carbocycles. The van der Waals surface area contributed by atoms with Gasteiger partial charge >= 0.3 is 0 Å². The fourth-order valence-electron chi connectivity index (χ4n) is 5.41. The van der Waals surface area contributed by atoms with Crippen molar-refractivity contribution in [1.29, 1.82) is 0 Å². The number of carbonyl (C=O) groups is 2. The highest BCUT2D eigenvalue weighted by Gasteiger charge is 2.50. The van der Waals surface area contributed by atoms with Gasteiger partial charge in [-0.3, -0.25) is 9.59 Å². The van der Waals surface area contributed by atoms with Crippen molar-refractivity contribution in [3.8, 4) is 10.4 Å². The maximum absolute atomic E-state index is 14.1. The van der Waals surface area contributed by atoms with E-state index in [4.69, 9.17) is 9.57 Å². The van der Waals surface area contributed by atoms with E-state index in [1.807, 2.05) is 30.3 Å². The lowest BCUT2D eigenvalue weighted by atomic mass is 9.97. The first-order valence-corrected chi connectivity index (χ1v) is 16.6. The highest BCUT2D eigenvalue weighted by atomic mass is 32.2. The molecular formula is C31H36N2O6S2. The Balaban J connectivity index is 1.45. The number of hydrogen-bond acceptors (Lipinski definition) is 7. The minimum absolute atomic E-state index is 0.0581. The van der Waals surface area contributed by atoms with Crippen LogP contribution in [0.25, 0.3) is 10.4 Å². The highest BCUT2D eigenvalue weighted by molar-refractivity contribution is 7.92. The van der Waals surface area contributed by atoms with Gasteiger partial charge < -0.3 is 9.64 Å². The summed E-state index contributed by atoms with van der Waals surface area (Å²) in [5.41, 5.74) is 5.17. The van der Waals surface area contributed by atoms with E-state index >= 15 is 0 Å². The van der Waals surface area contributed by atoms with E-state index in [2.05, 4.69) is 24.5 Å². The third kappa shape index (κ3) is 6.56. The summed E-state index contributed by atoms with van der Waals surface area (Å²) in [4.78, 5) is 35.2. The standard InChI is InChI=1S/C31H36N2O6S2/c1-2-23-11-13-24(14-12-23)26-15-16-27(40-26)31(22-28(34)32-39-29-10-6-7-20-38-29)17-18-33(19-21-41(31,36)37)30(35)25-8-4-3-5-9-25/h3-5,8-9,11-16,29H,2,6-7,10,17-22H2,1H3,(H,32,34). The Morgan fingerprint density at radius 1 is 1.05 bits per heavy atom. The van der Waals surface area contributed by atoms with Gasteiger partial charge in [-0.15, -0.1) is 11.3 Å². The molecule has 5 rings (SSSR count). The number of hydrogen-bond donors (Lipinski definition) is 1. The second-order valence-electron chi connectivity index (χ2n) is 10.6. The third-order valence-corrected chi connectivity index (χ3v) is 11.9. The quantitative estimate of drug-likeness (QED) is 0.363. The molecule has 10 heteroatoms. The Bertz CT molecular complexity index is 1450. The number of nitrogens with one attached hydrogen (secondary N) is 1. The van der Waals surface area contributed by atoms with Gasteiger partial charge in [0.05, 0.1) is 12.2 Å². The Kier molecular flexibility index (Phi) is 9.23. The van der Waals surface area contributed by atoms with E-state index in [1.165, 1.54) is 16.9 Å².